The Morgan fingerprint density at radius 2 is 1.10 bits per heavy atom. The molecule has 1 fully saturated rings. The second-order valence-corrected chi connectivity index (χ2v) is 18.0. The van der Waals surface area contributed by atoms with Gasteiger partial charge in [0.1, 0.15) is 31.0 Å². The number of terminal acetylenes is 1. The van der Waals surface area contributed by atoms with Crippen molar-refractivity contribution in [1.82, 2.24) is 0 Å². The molecule has 0 bridgehead atoms. The minimum atomic E-state index is -5.55. The number of phosphoric acid groups is 2. The molecule has 18 nitrogen and oxygen atoms in total. The first kappa shape index (κ1) is 56.1. The topological polar surface area (TPSA) is 293 Å². The van der Waals surface area contributed by atoms with Gasteiger partial charge in [0.2, 0.25) is 0 Å². The van der Waals surface area contributed by atoms with E-state index in [0.717, 1.165) is 25.7 Å². The SMILES string of the molecule is C#CC#CC#CC#CC#CC#CC#CC(=O)OC[C@H](COP(=O)(O)OC1C(O)[C@H](O)[C@H](CP(=O)(O)O)C(OP(=O)(O)O)[C@@H]1O)OC(=O)CCCCCCCCCCCCCCC. The molecule has 0 spiro atoms. The Morgan fingerprint density at radius 1 is 0.613 bits per heavy atom. The highest BCUT2D eigenvalue weighted by molar-refractivity contribution is 7.51. The summed E-state index contributed by atoms with van der Waals surface area (Å²) in [6, 6.07) is 0. The predicted molar refractivity (Wildman–Crippen MR) is 223 cm³/mol. The zero-order valence-electron chi connectivity index (χ0n) is 34.1. The molecule has 340 valence electrons. The van der Waals surface area contributed by atoms with Gasteiger partial charge in [0.15, 0.2) is 6.10 Å². The van der Waals surface area contributed by atoms with Gasteiger partial charge in [0.25, 0.3) is 0 Å². The molecule has 1 aliphatic carbocycles. The summed E-state index contributed by atoms with van der Waals surface area (Å²) >= 11 is 0. The Hall–Kier alpha value is -3.89. The summed E-state index contributed by atoms with van der Waals surface area (Å²) in [6.07, 6.45) is 3.91. The highest BCUT2D eigenvalue weighted by Gasteiger charge is 2.55. The molecule has 0 amide bonds. The quantitative estimate of drug-likeness (QED) is 0.0203. The summed E-state index contributed by atoms with van der Waals surface area (Å²) in [7, 11) is -16.1. The van der Waals surface area contributed by atoms with Gasteiger partial charge >= 0.3 is 35.2 Å². The van der Waals surface area contributed by atoms with Gasteiger partial charge in [0, 0.05) is 18.3 Å². The maximum atomic E-state index is 13.0. The van der Waals surface area contributed by atoms with Crippen LogP contribution >= 0.6 is 23.2 Å². The minimum absolute atomic E-state index is 0.0716. The molecule has 4 unspecified atom stereocenters. The number of carbonyl (C=O) groups is 2. The van der Waals surface area contributed by atoms with Crippen LogP contribution in [-0.2, 0) is 46.3 Å². The molecule has 1 saturated carbocycles. The van der Waals surface area contributed by atoms with E-state index in [1.165, 1.54) is 44.9 Å². The van der Waals surface area contributed by atoms with E-state index in [1.54, 1.807) is 0 Å². The van der Waals surface area contributed by atoms with Crippen LogP contribution in [0.2, 0.25) is 0 Å². The first-order chi connectivity index (χ1) is 29.3. The number of esters is 2. The minimum Gasteiger partial charge on any atom is -0.456 e. The Bertz CT molecular complexity index is 2020. The van der Waals surface area contributed by atoms with E-state index in [4.69, 9.17) is 24.9 Å². The molecular formula is C41H53O18P3. The number of rotatable bonds is 26. The number of phosphoric ester groups is 2. The van der Waals surface area contributed by atoms with Gasteiger partial charge in [-0.05, 0) is 77.5 Å². The molecule has 62 heavy (non-hydrogen) atoms. The van der Waals surface area contributed by atoms with E-state index in [9.17, 15) is 63.1 Å². The van der Waals surface area contributed by atoms with Gasteiger partial charge in [0.05, 0.1) is 18.9 Å². The van der Waals surface area contributed by atoms with E-state index in [0.29, 0.717) is 12.8 Å². The van der Waals surface area contributed by atoms with Gasteiger partial charge < -0.3 is 49.3 Å². The standard InChI is InChI=1S/C41H53O18P3/c1-3-5-7-9-11-13-15-17-19-21-23-25-27-29-36(43)57-33(30-55-35(42)28-26-24-22-20-18-16-14-12-10-8-6-4-2)31-56-62(53,54)59-41-38(45)37(44)34(32-60(47,48)49)40(39(41)46)58-61(50,51)52/h2,33-34,37-41,44-46H,3,5,7,9,11,13,15,17,19,21,23,25,27,29-32H2,1H3,(H,53,54)(H2,47,48,49)(H2,50,51,52)/t33-,34+,37-,38?,39+,40?,41?/m1/s1. The van der Waals surface area contributed by atoms with Crippen LogP contribution in [0.4, 0.5) is 0 Å². The fourth-order valence-corrected chi connectivity index (χ4v) is 8.35. The lowest BCUT2D eigenvalue weighted by molar-refractivity contribution is -0.193. The van der Waals surface area contributed by atoms with Crippen molar-refractivity contribution in [3.8, 4) is 83.4 Å². The zero-order valence-corrected chi connectivity index (χ0v) is 36.8. The van der Waals surface area contributed by atoms with Crippen LogP contribution in [0.5, 0.6) is 0 Å². The van der Waals surface area contributed by atoms with Crippen LogP contribution in [0.3, 0.4) is 0 Å². The highest BCUT2D eigenvalue weighted by Crippen LogP contribution is 2.51. The molecule has 0 saturated heterocycles. The highest BCUT2D eigenvalue weighted by atomic mass is 31.2. The van der Waals surface area contributed by atoms with Crippen LogP contribution in [0.1, 0.15) is 96.8 Å². The third kappa shape index (κ3) is 27.2. The third-order valence-corrected chi connectivity index (χ3v) is 11.1. The summed E-state index contributed by atoms with van der Waals surface area (Å²) in [4.78, 5) is 73.0. The molecule has 0 aromatic carbocycles. The molecule has 0 aromatic rings. The lowest BCUT2D eigenvalue weighted by Gasteiger charge is -2.45. The maximum absolute atomic E-state index is 13.0. The van der Waals surface area contributed by atoms with Crippen LogP contribution in [-0.4, -0.2) is 108 Å². The average molecular weight is 927 g/mol. The summed E-state index contributed by atoms with van der Waals surface area (Å²) in [5.74, 6) is 25.7. The number of ether oxygens (including phenoxy) is 2. The molecule has 1 rings (SSSR count). The molecule has 8 atom stereocenters. The van der Waals surface area contributed by atoms with Crippen molar-refractivity contribution in [3.05, 3.63) is 0 Å². The molecule has 0 radical (unpaired) electrons. The fraction of sp³-hybridized carbons (Fsp3) is 0.610. The van der Waals surface area contributed by atoms with Gasteiger partial charge in [-0.15, -0.1) is 6.42 Å². The van der Waals surface area contributed by atoms with Gasteiger partial charge in [-0.25, -0.2) is 13.9 Å². The van der Waals surface area contributed by atoms with Gasteiger partial charge in [-0.3, -0.25) is 22.9 Å². The van der Waals surface area contributed by atoms with E-state index in [1.807, 2.05) is 5.92 Å². The second-order valence-electron chi connectivity index (χ2n) is 13.7. The number of carbonyl (C=O) groups excluding carboxylic acids is 2. The van der Waals surface area contributed by atoms with Gasteiger partial charge in [-0.2, -0.15) is 0 Å². The van der Waals surface area contributed by atoms with E-state index < -0.39 is 97.1 Å². The van der Waals surface area contributed by atoms with Crippen LogP contribution < -0.4 is 0 Å². The molecule has 0 aromatic heterocycles. The van der Waals surface area contributed by atoms with E-state index in [2.05, 4.69) is 82.5 Å². The Morgan fingerprint density at radius 3 is 1.58 bits per heavy atom. The van der Waals surface area contributed by atoms with Crippen molar-refractivity contribution in [2.24, 2.45) is 5.92 Å². The van der Waals surface area contributed by atoms with Crippen molar-refractivity contribution < 1.29 is 86.1 Å². The van der Waals surface area contributed by atoms with Crippen molar-refractivity contribution in [3.63, 3.8) is 0 Å². The Kier molecular flexibility index (Phi) is 28.1. The molecule has 8 N–H and O–H groups in total. The lowest BCUT2D eigenvalue weighted by Crippen LogP contribution is -2.62. The fourth-order valence-electron chi connectivity index (χ4n) is 5.81. The van der Waals surface area contributed by atoms with Gasteiger partial charge in [-0.1, -0.05) is 84.0 Å². The largest absolute Gasteiger partial charge is 0.472 e. The number of hydrogen-bond donors (Lipinski definition) is 8. The van der Waals surface area contributed by atoms with Crippen LogP contribution in [0.25, 0.3) is 0 Å². The van der Waals surface area contributed by atoms with Crippen molar-refractivity contribution >= 4 is 35.2 Å². The zero-order chi connectivity index (χ0) is 46.4. The molecular weight excluding hydrogens is 873 g/mol. The Balaban J connectivity index is 2.96. The first-order valence-electron chi connectivity index (χ1n) is 19.6. The summed E-state index contributed by atoms with van der Waals surface area (Å²) in [5, 5.41) is 31.9. The average Bonchev–Trinajstić information content (AvgIpc) is 3.19. The van der Waals surface area contributed by atoms with Crippen LogP contribution in [0, 0.1) is 89.3 Å². The summed E-state index contributed by atoms with van der Waals surface area (Å²) < 4.78 is 60.8. The van der Waals surface area contributed by atoms with Crippen molar-refractivity contribution in [2.45, 2.75) is 133 Å². The van der Waals surface area contributed by atoms with E-state index >= 15 is 0 Å². The first-order valence-corrected chi connectivity index (χ1v) is 24.4. The maximum Gasteiger partial charge on any atom is 0.472 e. The third-order valence-electron chi connectivity index (χ3n) is 8.65. The second kappa shape index (κ2) is 31.0. The molecule has 0 aliphatic heterocycles. The van der Waals surface area contributed by atoms with Crippen molar-refractivity contribution in [1.29, 1.82) is 0 Å². The molecule has 0 heterocycles. The number of unbranched alkanes of at least 4 members (excludes halogenated alkanes) is 12. The summed E-state index contributed by atoms with van der Waals surface area (Å²) in [6.45, 7) is 0.397. The van der Waals surface area contributed by atoms with Crippen LogP contribution in [0.15, 0.2) is 0 Å². The Labute approximate surface area is 362 Å². The van der Waals surface area contributed by atoms with E-state index in [-0.39, 0.29) is 6.42 Å². The smallest absolute Gasteiger partial charge is 0.456 e. The normalized spacial score (nSPS) is 20.6. The molecule has 21 heteroatoms. The number of hydrogen-bond acceptors (Lipinski definition) is 13. The molecule has 1 aliphatic rings. The predicted octanol–water partition coefficient (Wildman–Crippen LogP) is 2.45. The number of aliphatic hydroxyl groups is 3. The summed E-state index contributed by atoms with van der Waals surface area (Å²) in [5.41, 5.74) is 0. The monoisotopic (exact) mass is 926 g/mol. The number of aliphatic hydroxyl groups excluding tert-OH is 3. The lowest BCUT2D eigenvalue weighted by atomic mass is 9.79. The van der Waals surface area contributed by atoms with Crippen molar-refractivity contribution in [2.75, 3.05) is 19.4 Å².